The first-order chi connectivity index (χ1) is 13.9. The molecule has 0 aliphatic carbocycles. The number of nitrogens with one attached hydrogen (secondary N) is 2. The molecule has 2 aromatic carbocycles. The van der Waals surface area contributed by atoms with Crippen molar-refractivity contribution < 1.29 is 28.2 Å². The van der Waals surface area contributed by atoms with E-state index in [4.69, 9.17) is 9.47 Å². The average molecular weight is 402 g/mol. The second kappa shape index (κ2) is 10.8. The number of hydrogen-bond acceptors (Lipinski definition) is 5. The molecule has 0 heterocycles. The molecule has 2 amide bonds. The van der Waals surface area contributed by atoms with E-state index in [0.29, 0.717) is 23.5 Å². The molecular formula is C21H23FN2O5. The molecule has 0 saturated carbocycles. The summed E-state index contributed by atoms with van der Waals surface area (Å²) >= 11 is 0. The van der Waals surface area contributed by atoms with E-state index in [9.17, 15) is 18.8 Å². The van der Waals surface area contributed by atoms with Crippen LogP contribution in [-0.2, 0) is 20.9 Å². The summed E-state index contributed by atoms with van der Waals surface area (Å²) in [6.07, 6.45) is -1.04. The fourth-order valence-corrected chi connectivity index (χ4v) is 2.35. The van der Waals surface area contributed by atoms with Crippen LogP contribution in [0.2, 0.25) is 0 Å². The van der Waals surface area contributed by atoms with Gasteiger partial charge in [-0.2, -0.15) is 0 Å². The maximum atomic E-state index is 12.9. The van der Waals surface area contributed by atoms with Gasteiger partial charge in [0.05, 0.1) is 6.61 Å². The zero-order valence-electron chi connectivity index (χ0n) is 16.2. The molecule has 0 aromatic heterocycles. The first-order valence-electron chi connectivity index (χ1n) is 9.11. The Kier molecular flexibility index (Phi) is 8.14. The lowest BCUT2D eigenvalue weighted by Gasteiger charge is -2.14. The summed E-state index contributed by atoms with van der Waals surface area (Å²) in [6.45, 7) is 3.60. The predicted octanol–water partition coefficient (Wildman–Crippen LogP) is 2.20. The Hall–Kier alpha value is -3.42. The van der Waals surface area contributed by atoms with Crippen molar-refractivity contribution in [2.75, 3.05) is 13.2 Å². The Labute approximate surface area is 168 Å². The topological polar surface area (TPSA) is 93.7 Å². The Morgan fingerprint density at radius 2 is 1.66 bits per heavy atom. The smallest absolute Gasteiger partial charge is 0.326 e. The minimum Gasteiger partial charge on any atom is -0.494 e. The van der Waals surface area contributed by atoms with Gasteiger partial charge in [-0.1, -0.05) is 12.1 Å². The van der Waals surface area contributed by atoms with Crippen molar-refractivity contribution in [1.82, 2.24) is 10.6 Å². The lowest BCUT2D eigenvalue weighted by molar-refractivity contribution is -0.153. The summed E-state index contributed by atoms with van der Waals surface area (Å²) in [7, 11) is 0. The highest BCUT2D eigenvalue weighted by Crippen LogP contribution is 2.11. The molecule has 154 valence electrons. The van der Waals surface area contributed by atoms with Crippen LogP contribution in [0, 0.1) is 5.82 Å². The van der Waals surface area contributed by atoms with Gasteiger partial charge in [-0.3, -0.25) is 14.4 Å². The zero-order valence-corrected chi connectivity index (χ0v) is 16.2. The number of ether oxygens (including phenoxy) is 2. The fraction of sp³-hybridized carbons (Fsp3) is 0.286. The molecule has 0 spiro atoms. The molecule has 0 unspecified atom stereocenters. The van der Waals surface area contributed by atoms with Crippen molar-refractivity contribution in [1.29, 1.82) is 0 Å². The third-order valence-electron chi connectivity index (χ3n) is 3.88. The normalized spacial score (nSPS) is 11.3. The van der Waals surface area contributed by atoms with Gasteiger partial charge in [-0.25, -0.2) is 4.39 Å². The zero-order chi connectivity index (χ0) is 21.2. The van der Waals surface area contributed by atoms with Crippen LogP contribution in [0.3, 0.4) is 0 Å². The van der Waals surface area contributed by atoms with Crippen molar-refractivity contribution >= 4 is 17.8 Å². The number of carbonyl (C=O) groups is 3. The number of esters is 1. The Balaban J connectivity index is 1.73. The summed E-state index contributed by atoms with van der Waals surface area (Å²) in [5.74, 6) is -1.41. The molecule has 2 aromatic rings. The highest BCUT2D eigenvalue weighted by molar-refractivity contribution is 5.96. The molecule has 2 rings (SSSR count). The van der Waals surface area contributed by atoms with Crippen LogP contribution in [0.25, 0.3) is 0 Å². The molecule has 1 atom stereocenters. The molecule has 0 radical (unpaired) electrons. The van der Waals surface area contributed by atoms with Crippen LogP contribution >= 0.6 is 0 Å². The van der Waals surface area contributed by atoms with Crippen molar-refractivity contribution in [3.05, 3.63) is 65.5 Å². The third kappa shape index (κ3) is 7.25. The van der Waals surface area contributed by atoms with Gasteiger partial charge in [0.15, 0.2) is 6.10 Å². The van der Waals surface area contributed by atoms with E-state index in [1.165, 1.54) is 19.1 Å². The molecule has 8 heteroatoms. The van der Waals surface area contributed by atoms with Gasteiger partial charge in [0.1, 0.15) is 18.1 Å². The number of rotatable bonds is 9. The van der Waals surface area contributed by atoms with Crippen molar-refractivity contribution in [2.45, 2.75) is 26.5 Å². The van der Waals surface area contributed by atoms with Crippen LogP contribution in [0.1, 0.15) is 29.8 Å². The fourth-order valence-electron chi connectivity index (χ4n) is 2.35. The summed E-state index contributed by atoms with van der Waals surface area (Å²) in [6, 6.07) is 12.1. The molecule has 0 aliphatic heterocycles. The first-order valence-corrected chi connectivity index (χ1v) is 9.11. The lowest BCUT2D eigenvalue weighted by atomic mass is 10.2. The second-order valence-electron chi connectivity index (χ2n) is 6.12. The lowest BCUT2D eigenvalue weighted by Crippen LogP contribution is -2.38. The van der Waals surface area contributed by atoms with Gasteiger partial charge in [0.25, 0.3) is 11.8 Å². The molecule has 0 saturated heterocycles. The highest BCUT2D eigenvalue weighted by Gasteiger charge is 2.18. The van der Waals surface area contributed by atoms with Gasteiger partial charge in [0.2, 0.25) is 0 Å². The Morgan fingerprint density at radius 1 is 1.00 bits per heavy atom. The van der Waals surface area contributed by atoms with Crippen molar-refractivity contribution in [3.8, 4) is 5.75 Å². The minimum absolute atomic E-state index is 0.176. The quantitative estimate of drug-likeness (QED) is 0.627. The monoisotopic (exact) mass is 402 g/mol. The van der Waals surface area contributed by atoms with E-state index < -0.39 is 23.9 Å². The standard InChI is InChI=1S/C21H23FN2O5/c1-3-28-18-10-6-16(7-11-18)21(27)24-13-19(25)29-14(2)20(26)23-12-15-4-8-17(22)9-5-15/h4-11,14H,3,12-13H2,1-2H3,(H,23,26)(H,24,27)/t14-/m1/s1. The van der Waals surface area contributed by atoms with E-state index >= 15 is 0 Å². The number of carbonyl (C=O) groups excluding carboxylic acids is 3. The Morgan fingerprint density at radius 3 is 2.28 bits per heavy atom. The van der Waals surface area contributed by atoms with Crippen LogP contribution in [0.4, 0.5) is 4.39 Å². The van der Waals surface area contributed by atoms with Crippen LogP contribution < -0.4 is 15.4 Å². The van der Waals surface area contributed by atoms with Gasteiger partial charge in [-0.05, 0) is 55.8 Å². The SMILES string of the molecule is CCOc1ccc(C(=O)NCC(=O)O[C@H](C)C(=O)NCc2ccc(F)cc2)cc1. The maximum absolute atomic E-state index is 12.9. The molecule has 2 N–H and O–H groups in total. The molecule has 0 fully saturated rings. The number of benzene rings is 2. The number of hydrogen-bond donors (Lipinski definition) is 2. The van der Waals surface area contributed by atoms with Gasteiger partial charge in [0, 0.05) is 12.1 Å². The van der Waals surface area contributed by atoms with E-state index in [2.05, 4.69) is 10.6 Å². The number of halogens is 1. The van der Waals surface area contributed by atoms with E-state index in [1.807, 2.05) is 6.92 Å². The van der Waals surface area contributed by atoms with E-state index in [0.717, 1.165) is 0 Å². The molecule has 29 heavy (non-hydrogen) atoms. The summed E-state index contributed by atoms with van der Waals surface area (Å²) in [4.78, 5) is 35.9. The molecular weight excluding hydrogens is 379 g/mol. The third-order valence-corrected chi connectivity index (χ3v) is 3.88. The highest BCUT2D eigenvalue weighted by atomic mass is 19.1. The minimum atomic E-state index is -1.04. The summed E-state index contributed by atoms with van der Waals surface area (Å²) in [5.41, 5.74) is 1.08. The Bertz CT molecular complexity index is 837. The predicted molar refractivity (Wildman–Crippen MR) is 104 cm³/mol. The van der Waals surface area contributed by atoms with Crippen molar-refractivity contribution in [2.24, 2.45) is 0 Å². The van der Waals surface area contributed by atoms with Gasteiger partial charge < -0.3 is 20.1 Å². The summed E-state index contributed by atoms with van der Waals surface area (Å²) in [5, 5.41) is 5.03. The number of amides is 2. The second-order valence-corrected chi connectivity index (χ2v) is 6.12. The maximum Gasteiger partial charge on any atom is 0.326 e. The van der Waals surface area contributed by atoms with Crippen LogP contribution in [0.5, 0.6) is 5.75 Å². The first kappa shape index (κ1) is 21.9. The van der Waals surface area contributed by atoms with Crippen molar-refractivity contribution in [3.63, 3.8) is 0 Å². The van der Waals surface area contributed by atoms with Crippen LogP contribution in [0.15, 0.2) is 48.5 Å². The molecule has 7 nitrogen and oxygen atoms in total. The average Bonchev–Trinajstić information content (AvgIpc) is 2.72. The van der Waals surface area contributed by atoms with Gasteiger partial charge in [-0.15, -0.1) is 0 Å². The van der Waals surface area contributed by atoms with Crippen LogP contribution in [-0.4, -0.2) is 37.0 Å². The van der Waals surface area contributed by atoms with E-state index in [-0.39, 0.29) is 18.9 Å². The molecule has 0 aliphatic rings. The largest absolute Gasteiger partial charge is 0.494 e. The van der Waals surface area contributed by atoms with E-state index in [1.54, 1.807) is 36.4 Å². The summed E-state index contributed by atoms with van der Waals surface area (Å²) < 4.78 is 23.2. The molecule has 0 bridgehead atoms. The van der Waals surface area contributed by atoms with Gasteiger partial charge >= 0.3 is 5.97 Å².